The monoisotopic (exact) mass is 1080 g/mol. The van der Waals surface area contributed by atoms with Crippen molar-refractivity contribution in [2.45, 2.75) is 199 Å². The molecular weight excluding hydrogens is 980 g/mol. The van der Waals surface area contributed by atoms with Gasteiger partial charge < -0.3 is 118 Å². The van der Waals surface area contributed by atoms with Gasteiger partial charge >= 0.3 is 56.9 Å². The first-order chi connectivity index (χ1) is 38.7. The Morgan fingerprint density at radius 1 is 0.225 bits per heavy atom. The first kappa shape index (κ1) is 65.1. The normalized spacial score (nSPS) is 28.6. The molecule has 0 spiro atoms. The van der Waals surface area contributed by atoms with E-state index in [1.165, 1.54) is 0 Å². The summed E-state index contributed by atoms with van der Waals surface area (Å²) in [6, 6.07) is 0. The molecule has 416 valence electrons. The summed E-state index contributed by atoms with van der Waals surface area (Å²) in [5.41, 5.74) is 0. The van der Waals surface area contributed by atoms with Crippen molar-refractivity contribution in [3.63, 3.8) is 0 Å². The Bertz CT molecular complexity index is 1940. The molecule has 0 aromatic rings. The minimum Gasteiger partial charge on any atom is -0.374 e. The van der Waals surface area contributed by atoms with Crippen LogP contribution in [-0.2, 0) is 0 Å². The Morgan fingerprint density at radius 2 is 0.537 bits per heavy atom. The number of nitrogens with one attached hydrogen (secondary N) is 14. The minimum absolute atomic E-state index is 0.0131. The maximum Gasteiger partial charge on any atom is 0.360 e. The summed E-state index contributed by atoms with van der Waals surface area (Å²) in [7, 11) is 3.43. The first-order valence-electron chi connectivity index (χ1n) is 33.0. The van der Waals surface area contributed by atoms with Gasteiger partial charge in [-0.1, -0.05) is 111 Å². The van der Waals surface area contributed by atoms with E-state index in [0.29, 0.717) is 0 Å². The lowest BCUT2D eigenvalue weighted by atomic mass is 9.28. The third-order valence-corrected chi connectivity index (χ3v) is 20.2. The minimum atomic E-state index is -0.261. The summed E-state index contributed by atoms with van der Waals surface area (Å²) in [6.07, 6.45) is 13.5. The topological polar surface area (TPSA) is 201 Å². The van der Waals surface area contributed by atoms with Crippen LogP contribution in [0.5, 0.6) is 0 Å². The van der Waals surface area contributed by atoms with E-state index >= 15 is 0 Å². The van der Waals surface area contributed by atoms with Gasteiger partial charge in [0.2, 0.25) is 0 Å². The van der Waals surface area contributed by atoms with Crippen LogP contribution in [0, 0.1) is 0 Å². The number of rotatable bonds is 16. The molecule has 48 heteroatoms. The Labute approximate surface area is 497 Å². The molecule has 0 aliphatic carbocycles. The number of hydrogen-bond donors (Lipinski definition) is 14. The molecule has 6 atom stereocenters. The molecule has 0 aromatic heterocycles. The molecule has 0 aromatic carbocycles. The predicted octanol–water partition coefficient (Wildman–Crippen LogP) is -4.13. The van der Waals surface area contributed by atoms with Crippen molar-refractivity contribution in [1.29, 1.82) is 0 Å². The van der Waals surface area contributed by atoms with Gasteiger partial charge in [-0.05, 0) is 103 Å². The van der Waals surface area contributed by atoms with E-state index in [2.05, 4.69) is 243 Å². The van der Waals surface area contributed by atoms with Gasteiger partial charge in [-0.15, -0.1) is 0 Å². The second kappa shape index (κ2) is 28.8. The smallest absolute Gasteiger partial charge is 0.360 e. The molecule has 9 aliphatic heterocycles. The summed E-state index contributed by atoms with van der Waals surface area (Å²) in [4.78, 5) is 0. The van der Waals surface area contributed by atoms with Gasteiger partial charge in [0, 0.05) is 0 Å². The van der Waals surface area contributed by atoms with Gasteiger partial charge in [-0.2, -0.15) is 0 Å². The fourth-order valence-electron chi connectivity index (χ4n) is 16.7. The van der Waals surface area contributed by atoms with Crippen LogP contribution in [0.25, 0.3) is 0 Å². The highest BCUT2D eigenvalue weighted by molar-refractivity contribution is 7.12. The second-order valence-corrected chi connectivity index (χ2v) is 24.6. The zero-order chi connectivity index (χ0) is 57.4. The quantitative estimate of drug-likeness (QED) is 0.0665. The molecule has 0 radical (unpaired) electrons. The van der Waals surface area contributed by atoms with E-state index in [0.717, 1.165) is 88.5 Å². The van der Waals surface area contributed by atoms with Crippen molar-refractivity contribution in [2.75, 3.05) is 14.1 Å². The molecule has 0 amide bonds. The number of fused-ring (bicyclic) bond motifs is 18. The summed E-state index contributed by atoms with van der Waals surface area (Å²) in [5.74, 6) is 0. The van der Waals surface area contributed by atoms with Crippen LogP contribution in [-0.4, -0.2) is 229 Å². The Morgan fingerprint density at radius 3 is 0.963 bits per heavy atom. The van der Waals surface area contributed by atoms with E-state index in [4.69, 9.17) is 0 Å². The zero-order valence-electron chi connectivity index (χ0n) is 53.2. The molecule has 9 fully saturated rings. The fourth-order valence-corrected chi connectivity index (χ4v) is 16.7. The van der Waals surface area contributed by atoms with Crippen LogP contribution < -0.4 is 71.9 Å². The van der Waals surface area contributed by atoms with Crippen LogP contribution in [0.3, 0.4) is 0 Å². The first-order valence-corrected chi connectivity index (χ1v) is 33.0. The molecule has 80 heavy (non-hydrogen) atoms. The molecular formula is C32H96B24N24. The summed E-state index contributed by atoms with van der Waals surface area (Å²) >= 11 is 0. The van der Waals surface area contributed by atoms with Gasteiger partial charge in [0.1, 0.15) is 0 Å². The fraction of sp³-hybridized carbons (Fsp3) is 1.00. The highest BCUT2D eigenvalue weighted by Gasteiger charge is 2.66. The Balaban J connectivity index is 1.30. The lowest BCUT2D eigenvalue weighted by Crippen LogP contribution is -2.99. The van der Waals surface area contributed by atoms with Gasteiger partial charge in [0.05, 0.1) is 0 Å². The molecule has 9 heterocycles. The van der Waals surface area contributed by atoms with Crippen LogP contribution >= 0.6 is 0 Å². The molecule has 9 rings (SSSR count). The number of hydrogen-bond acceptors (Lipinski definition) is 24. The third-order valence-electron chi connectivity index (χ3n) is 20.2. The lowest BCUT2D eigenvalue weighted by molar-refractivity contribution is 0.571. The standard InChI is InChI=1S/C32H96B24N24/c1-19-35-57-33(15)60-49(61-35)77-45(29-11)78-47(31-13)79(46(77)30-12)55-68-53(73-38(22-4)58-34(16)59-39(73)23-5)67-54(69-55)75-41(25-7)64-40(24-6)74(44(75)28-10)52-65-37(21-3)71(17)56(70-52)80-43(27-9)72(18)42(26-8)76(48(80)32-14)50-62-36(20-2)63-51(78)66-50/h57-70H,19-32H2,1-18H3. The average Bonchev–Trinajstić information content (AvgIpc) is 3.68. The van der Waals surface area contributed by atoms with Crippen LogP contribution in [0.1, 0.15) is 96.9 Å². The van der Waals surface area contributed by atoms with Crippen LogP contribution in [0.4, 0.5) is 0 Å². The van der Waals surface area contributed by atoms with Gasteiger partial charge in [-0.3, -0.25) is 0 Å². The zero-order valence-corrected chi connectivity index (χ0v) is 53.2. The molecule has 12 bridgehead atoms. The summed E-state index contributed by atoms with van der Waals surface area (Å²) in [6.45, 7) is 39.8. The van der Waals surface area contributed by atoms with E-state index < -0.39 is 0 Å². The largest absolute Gasteiger partial charge is 0.374 e. The molecule has 24 nitrogen and oxygen atoms in total. The van der Waals surface area contributed by atoms with Crippen molar-refractivity contribution >= 4 is 169 Å². The van der Waals surface area contributed by atoms with Gasteiger partial charge in [0.25, 0.3) is 112 Å². The SMILES string of the molecule is CCB1NB(C)NB(N2B(CC)N3B4NB(N5B(CC)NB(C)NB5CC)NB(N4)N4B(CC)NB(CC)N(B5NB(CC)N(C)B(N5)N5B(CC)N(C)B(CC)N(B6NB(CC)NB(N6)N(B2CC)B3CC)B5CC)B4CC)N1. The van der Waals surface area contributed by atoms with Gasteiger partial charge in [0.15, 0.2) is 0 Å². The van der Waals surface area contributed by atoms with E-state index in [9.17, 15) is 0 Å². The molecule has 9 aliphatic rings. The van der Waals surface area contributed by atoms with Crippen molar-refractivity contribution in [3.8, 4) is 0 Å². The lowest BCUT2D eigenvalue weighted by Gasteiger charge is -2.63. The van der Waals surface area contributed by atoms with Crippen molar-refractivity contribution in [1.82, 2.24) is 118 Å². The van der Waals surface area contributed by atoms with E-state index in [1.54, 1.807) is 0 Å². The maximum atomic E-state index is 4.49. The van der Waals surface area contributed by atoms with Gasteiger partial charge in [-0.25, -0.2) is 0 Å². The number of nitrogens with zero attached hydrogens (tertiary/aromatic N) is 10. The van der Waals surface area contributed by atoms with Crippen molar-refractivity contribution < 1.29 is 0 Å². The molecule has 0 saturated carbocycles. The predicted molar refractivity (Wildman–Crippen MR) is 371 cm³/mol. The maximum absolute atomic E-state index is 4.49. The van der Waals surface area contributed by atoms with Crippen molar-refractivity contribution in [2.24, 2.45) is 0 Å². The Kier molecular flexibility index (Phi) is 23.4. The highest BCUT2D eigenvalue weighted by atomic mass is 15.4. The summed E-state index contributed by atoms with van der Waals surface area (Å²) in [5, 5.41) is 59.4. The second-order valence-electron chi connectivity index (χ2n) is 24.6. The third kappa shape index (κ3) is 12.2. The molecule has 14 N–H and O–H groups in total. The molecule has 6 unspecified atom stereocenters. The average molecular weight is 1080 g/mol. The van der Waals surface area contributed by atoms with Crippen LogP contribution in [0.15, 0.2) is 0 Å². The van der Waals surface area contributed by atoms with Crippen molar-refractivity contribution in [3.05, 3.63) is 0 Å². The Hall–Kier alpha value is 0.598. The highest BCUT2D eigenvalue weighted by Crippen LogP contribution is 2.32. The molecule has 9 saturated heterocycles. The summed E-state index contributed by atoms with van der Waals surface area (Å²) < 4.78 is 27.9. The van der Waals surface area contributed by atoms with E-state index in [-0.39, 0.29) is 169 Å². The van der Waals surface area contributed by atoms with E-state index in [1.807, 2.05) is 0 Å². The van der Waals surface area contributed by atoms with Crippen LogP contribution in [0.2, 0.25) is 102 Å².